The molecule has 0 N–H and O–H groups in total. The Bertz CT molecular complexity index is 2150. The molecule has 17 rings (SSSR count). The van der Waals surface area contributed by atoms with E-state index in [4.69, 9.17) is 0 Å². The first-order valence-corrected chi connectivity index (χ1v) is 26.5. The zero-order valence-electron chi connectivity index (χ0n) is 41.5. The fourth-order valence-electron chi connectivity index (χ4n) is 12.4. The molecule has 11 aliphatic rings. The zero-order chi connectivity index (χ0) is 45.8. The number of piperazine rings is 4. The molecule has 0 amide bonds. The molecule has 0 radical (unpaired) electrons. The van der Waals surface area contributed by atoms with Crippen LogP contribution < -0.4 is 0 Å². The van der Waals surface area contributed by atoms with Gasteiger partial charge in [0.2, 0.25) is 0 Å². The third-order valence-corrected chi connectivity index (χ3v) is 16.9. The fourth-order valence-corrected chi connectivity index (χ4v) is 12.4. The summed E-state index contributed by atoms with van der Waals surface area (Å²) in [6.45, 7) is 31.5. The van der Waals surface area contributed by atoms with Crippen LogP contribution in [0.1, 0.15) is 22.3 Å². The van der Waals surface area contributed by atoms with Crippen molar-refractivity contribution in [3.05, 3.63) is 119 Å². The summed E-state index contributed by atoms with van der Waals surface area (Å²) in [4.78, 5) is 26.9. The second-order valence-electron chi connectivity index (χ2n) is 21.2. The topological polar surface area (TPSA) is 32.4 Å². The lowest BCUT2D eigenvalue weighted by Gasteiger charge is -2.38. The van der Waals surface area contributed by atoms with Crippen LogP contribution in [-0.4, -0.2) is 220 Å². The molecule has 10 nitrogen and oxygen atoms in total. The third kappa shape index (κ3) is 10.5. The fraction of sp³-hybridized carbons (Fsp3) is 0.517. The molecule has 4 fully saturated rings. The van der Waals surface area contributed by atoms with E-state index in [0.717, 1.165) is 183 Å². The largest absolute Gasteiger partial charge is 0.304 e. The summed E-state index contributed by atoms with van der Waals surface area (Å²) in [7, 11) is 4.68. The van der Waals surface area contributed by atoms with E-state index in [1.165, 1.54) is 65.3 Å². The van der Waals surface area contributed by atoms with Crippen molar-refractivity contribution in [1.82, 2.24) is 49.0 Å². The number of rotatable bonds is 0. The highest BCUT2D eigenvalue weighted by Gasteiger charge is 2.26. The molecule has 12 bridgehead atoms. The monoisotopic (exact) mass is 915 g/mol. The van der Waals surface area contributed by atoms with Crippen LogP contribution in [0.4, 0.5) is 0 Å². The van der Waals surface area contributed by atoms with Crippen LogP contribution in [0.15, 0.2) is 97.1 Å². The van der Waals surface area contributed by atoms with Gasteiger partial charge in [0, 0.05) is 183 Å². The number of fused-ring (bicyclic) bond motifs is 2. The van der Waals surface area contributed by atoms with Crippen LogP contribution in [0.5, 0.6) is 0 Å². The van der Waals surface area contributed by atoms with Gasteiger partial charge >= 0.3 is 0 Å². The van der Waals surface area contributed by atoms with Gasteiger partial charge in [-0.3, -0.25) is 39.2 Å². The molecule has 0 atom stereocenters. The van der Waals surface area contributed by atoms with Crippen molar-refractivity contribution < 1.29 is 0 Å². The Balaban J connectivity index is 0.785. The van der Waals surface area contributed by atoms with Crippen molar-refractivity contribution in [3.8, 4) is 0 Å². The van der Waals surface area contributed by atoms with E-state index in [1.54, 1.807) is 0 Å². The van der Waals surface area contributed by atoms with Gasteiger partial charge in [-0.15, -0.1) is 0 Å². The quantitative estimate of drug-likeness (QED) is 0.161. The molecule has 0 saturated carbocycles. The highest BCUT2D eigenvalue weighted by Crippen LogP contribution is 2.37. The second-order valence-corrected chi connectivity index (χ2v) is 21.2. The number of nitrogens with zero attached hydrogens (tertiary/aromatic N) is 10. The third-order valence-electron chi connectivity index (χ3n) is 16.9. The van der Waals surface area contributed by atoms with Gasteiger partial charge in [-0.2, -0.15) is 0 Å². The first-order chi connectivity index (χ1) is 33.5. The predicted molar refractivity (Wildman–Crippen MR) is 285 cm³/mol. The number of likely N-dealkylation sites (N-methyl/N-ethyl adjacent to an activating group) is 2. The zero-order valence-corrected chi connectivity index (χ0v) is 41.5. The van der Waals surface area contributed by atoms with E-state index in [0.29, 0.717) is 0 Å². The molecule has 0 spiro atoms. The highest BCUT2D eigenvalue weighted by molar-refractivity contribution is 6.07. The average molecular weight is 915 g/mol. The van der Waals surface area contributed by atoms with E-state index in [-0.39, 0.29) is 0 Å². The van der Waals surface area contributed by atoms with Crippen LogP contribution in [0.3, 0.4) is 0 Å². The molecular formula is C58H78N10. The highest BCUT2D eigenvalue weighted by atomic mass is 15.3. The maximum atomic E-state index is 2.72. The van der Waals surface area contributed by atoms with Gasteiger partial charge in [-0.1, -0.05) is 97.1 Å². The summed E-state index contributed by atoms with van der Waals surface area (Å²) in [6.07, 6.45) is 0. The summed E-state index contributed by atoms with van der Waals surface area (Å²) < 4.78 is 0. The van der Waals surface area contributed by atoms with Crippen molar-refractivity contribution >= 4 is 43.1 Å². The molecular weight excluding hydrogens is 837 g/mol. The molecule has 4 saturated heterocycles. The average Bonchev–Trinajstić information content (AvgIpc) is 3.39. The molecule has 11 heterocycles. The van der Waals surface area contributed by atoms with Gasteiger partial charge in [0.05, 0.1) is 0 Å². The van der Waals surface area contributed by atoms with Crippen LogP contribution in [0.2, 0.25) is 0 Å². The smallest absolute Gasteiger partial charge is 0.0247 e. The minimum atomic E-state index is 1.02. The van der Waals surface area contributed by atoms with Gasteiger partial charge in [0.1, 0.15) is 0 Å². The Morgan fingerprint density at radius 2 is 0.353 bits per heavy atom. The minimum Gasteiger partial charge on any atom is -0.304 e. The summed E-state index contributed by atoms with van der Waals surface area (Å²) in [5.74, 6) is 0. The van der Waals surface area contributed by atoms with Crippen molar-refractivity contribution in [1.29, 1.82) is 0 Å². The second kappa shape index (κ2) is 21.5. The molecule has 6 aromatic carbocycles. The predicted octanol–water partition coefficient (Wildman–Crippen LogP) is 6.35. The Hall–Kier alpha value is -4.04. The molecule has 0 aromatic heterocycles. The van der Waals surface area contributed by atoms with Crippen molar-refractivity contribution in [2.75, 3.05) is 171 Å². The van der Waals surface area contributed by atoms with E-state index in [1.807, 2.05) is 0 Å². The summed E-state index contributed by atoms with van der Waals surface area (Å²) in [5.41, 5.74) is 6.06. The lowest BCUT2D eigenvalue weighted by molar-refractivity contribution is 0.105. The van der Waals surface area contributed by atoms with Gasteiger partial charge < -0.3 is 9.80 Å². The van der Waals surface area contributed by atoms with Crippen molar-refractivity contribution in [3.63, 3.8) is 0 Å². The Kier molecular flexibility index (Phi) is 14.7. The van der Waals surface area contributed by atoms with E-state index < -0.39 is 0 Å². The molecule has 6 aromatic rings. The Labute approximate surface area is 407 Å². The Morgan fingerprint density at radius 3 is 0.529 bits per heavy atom. The van der Waals surface area contributed by atoms with E-state index >= 15 is 0 Å². The minimum absolute atomic E-state index is 1.02. The van der Waals surface area contributed by atoms with Crippen LogP contribution in [0, 0.1) is 0 Å². The van der Waals surface area contributed by atoms with Crippen LogP contribution in [0.25, 0.3) is 43.1 Å². The summed E-state index contributed by atoms with van der Waals surface area (Å²) >= 11 is 0. The number of hydrogen-bond acceptors (Lipinski definition) is 10. The summed E-state index contributed by atoms with van der Waals surface area (Å²) in [5, 5.41) is 11.6. The molecule has 0 aliphatic carbocycles. The van der Waals surface area contributed by atoms with Crippen molar-refractivity contribution in [2.24, 2.45) is 0 Å². The van der Waals surface area contributed by atoms with Crippen LogP contribution in [-0.2, 0) is 26.2 Å². The first kappa shape index (κ1) is 46.3. The normalized spacial score (nSPS) is 29.3. The SMILES string of the molecule is CN1CCN2CCN(CC2)Cc2c3ccccc3c(c3ccccc23)CN2CCN(CCN(C)CCN3CCN(CC3)Cc3c4ccccc4c(c4ccccc34)CN3CCN(CC1)CC3)CC2. The lowest BCUT2D eigenvalue weighted by Crippen LogP contribution is -2.49. The first-order valence-electron chi connectivity index (χ1n) is 26.5. The maximum Gasteiger partial charge on any atom is 0.0247 e. The molecule has 10 heteroatoms. The molecule has 360 valence electrons. The van der Waals surface area contributed by atoms with E-state index in [2.05, 4.69) is 160 Å². The van der Waals surface area contributed by atoms with Gasteiger partial charge in [-0.05, 0) is 79.4 Å². The summed E-state index contributed by atoms with van der Waals surface area (Å²) in [6, 6.07) is 37.3. The number of hydrogen-bond donors (Lipinski definition) is 0. The molecule has 11 aliphatic heterocycles. The Morgan fingerprint density at radius 1 is 0.206 bits per heavy atom. The van der Waals surface area contributed by atoms with Crippen LogP contribution >= 0.6 is 0 Å². The van der Waals surface area contributed by atoms with Gasteiger partial charge in [-0.25, -0.2) is 0 Å². The molecule has 68 heavy (non-hydrogen) atoms. The molecule has 0 unspecified atom stereocenters. The van der Waals surface area contributed by atoms with Crippen molar-refractivity contribution in [2.45, 2.75) is 26.2 Å². The maximum absolute atomic E-state index is 2.72. The van der Waals surface area contributed by atoms with E-state index in [9.17, 15) is 0 Å². The van der Waals surface area contributed by atoms with Gasteiger partial charge in [0.15, 0.2) is 0 Å². The lowest BCUT2D eigenvalue weighted by atomic mass is 9.91. The van der Waals surface area contributed by atoms with Gasteiger partial charge in [0.25, 0.3) is 0 Å². The number of benzene rings is 6. The standard InChI is InChI=1S/C58H78N10/c1-59-19-23-61-27-35-65(36-28-61)43-55-47-11-3-7-15-51(47)57(52-16-8-4-12-48(52)55)45-67-39-31-63(32-40-67)25-21-60(2)22-26-64-33-41-68(42-34-64)46-58-53-17-9-5-13-49(53)56(50-14-6-10-18-54(50)58)44-66-37-29-62(24-20-59)30-38-66/h3-18H,19-46H2,1-2H3.